The van der Waals surface area contributed by atoms with Gasteiger partial charge >= 0.3 is 11.9 Å². The molecule has 2 amide bonds. The summed E-state index contributed by atoms with van der Waals surface area (Å²) in [4.78, 5) is 58.4. The molecular formula is C21H38N2O7S. The molecule has 31 heavy (non-hydrogen) atoms. The van der Waals surface area contributed by atoms with E-state index in [1.54, 1.807) is 6.92 Å². The number of carboxylic acids is 2. The number of carbonyl (C=O) groups excluding carboxylic acids is 3. The van der Waals surface area contributed by atoms with Crippen molar-refractivity contribution in [1.29, 1.82) is 0 Å². The van der Waals surface area contributed by atoms with Crippen LogP contribution in [0.15, 0.2) is 0 Å². The zero-order valence-corrected chi connectivity index (χ0v) is 20.3. The van der Waals surface area contributed by atoms with E-state index in [-0.39, 0.29) is 24.5 Å². The Bertz CT molecular complexity index is 633. The van der Waals surface area contributed by atoms with Gasteiger partial charge in [0.05, 0.1) is 5.41 Å². The van der Waals surface area contributed by atoms with Gasteiger partial charge in [0.1, 0.15) is 16.6 Å². The van der Waals surface area contributed by atoms with Crippen LogP contribution in [-0.4, -0.2) is 57.1 Å². The Morgan fingerprint density at radius 2 is 1.52 bits per heavy atom. The smallest absolute Gasteiger partial charge is 0.326 e. The summed E-state index contributed by atoms with van der Waals surface area (Å²) in [5, 5.41) is 23.5. The zero-order valence-electron chi connectivity index (χ0n) is 19.4. The molecule has 0 spiro atoms. The Balaban J connectivity index is 0. The average Bonchev–Trinajstić information content (AvgIpc) is 2.71. The fourth-order valence-corrected chi connectivity index (χ4v) is 2.40. The molecule has 10 heteroatoms. The highest BCUT2D eigenvalue weighted by Crippen LogP contribution is 2.37. The lowest BCUT2D eigenvalue weighted by Crippen LogP contribution is -2.56. The molecule has 2 atom stereocenters. The van der Waals surface area contributed by atoms with Crippen molar-refractivity contribution >= 4 is 42.2 Å². The molecule has 0 saturated carbocycles. The van der Waals surface area contributed by atoms with E-state index in [4.69, 9.17) is 0 Å². The van der Waals surface area contributed by atoms with Crippen LogP contribution in [0.4, 0.5) is 0 Å². The van der Waals surface area contributed by atoms with Gasteiger partial charge in [-0.05, 0) is 40.0 Å². The predicted molar refractivity (Wildman–Crippen MR) is 121 cm³/mol. The van der Waals surface area contributed by atoms with Gasteiger partial charge in [-0.25, -0.2) is 4.79 Å². The third kappa shape index (κ3) is 10.7. The largest absolute Gasteiger partial charge is 0.480 e. The molecule has 0 aromatic rings. The molecule has 0 bridgehead atoms. The van der Waals surface area contributed by atoms with Gasteiger partial charge in [0, 0.05) is 25.8 Å². The van der Waals surface area contributed by atoms with E-state index in [2.05, 4.69) is 23.3 Å². The lowest BCUT2D eigenvalue weighted by Gasteiger charge is -2.36. The van der Waals surface area contributed by atoms with E-state index >= 15 is 0 Å². The first-order chi connectivity index (χ1) is 14.3. The zero-order chi connectivity index (χ0) is 24.8. The first-order valence-corrected chi connectivity index (χ1v) is 11.0. The minimum absolute atomic E-state index is 0.122. The summed E-state index contributed by atoms with van der Waals surface area (Å²) in [5.74, 6) is -3.62. The predicted octanol–water partition coefficient (Wildman–Crippen LogP) is 2.43. The summed E-state index contributed by atoms with van der Waals surface area (Å²) in [6.07, 6.45) is 2.00. The summed E-state index contributed by atoms with van der Waals surface area (Å²) < 4.78 is -1.73. The van der Waals surface area contributed by atoms with Gasteiger partial charge in [0.2, 0.25) is 11.8 Å². The Morgan fingerprint density at radius 1 is 0.968 bits per heavy atom. The van der Waals surface area contributed by atoms with Crippen LogP contribution in [0, 0.1) is 5.41 Å². The molecular weight excluding hydrogens is 424 g/mol. The minimum Gasteiger partial charge on any atom is -0.480 e. The van der Waals surface area contributed by atoms with Crippen molar-refractivity contribution in [3.05, 3.63) is 0 Å². The van der Waals surface area contributed by atoms with Crippen LogP contribution in [0.25, 0.3) is 0 Å². The van der Waals surface area contributed by atoms with Crippen molar-refractivity contribution in [3.63, 3.8) is 0 Å². The number of carboxylic acid groups (broad SMARTS) is 2. The fourth-order valence-electron chi connectivity index (χ4n) is 2.30. The Kier molecular flexibility index (Phi) is 14.9. The highest BCUT2D eigenvalue weighted by atomic mass is 32.1. The van der Waals surface area contributed by atoms with Crippen LogP contribution in [0.3, 0.4) is 0 Å². The van der Waals surface area contributed by atoms with Crippen LogP contribution in [0.2, 0.25) is 0 Å². The average molecular weight is 463 g/mol. The Hall–Kier alpha value is -2.10. The van der Waals surface area contributed by atoms with E-state index in [9.17, 15) is 34.2 Å². The number of amides is 2. The van der Waals surface area contributed by atoms with Crippen LogP contribution in [0.5, 0.6) is 0 Å². The van der Waals surface area contributed by atoms with Crippen molar-refractivity contribution in [2.24, 2.45) is 5.41 Å². The van der Waals surface area contributed by atoms with Gasteiger partial charge < -0.3 is 20.8 Å². The van der Waals surface area contributed by atoms with Crippen molar-refractivity contribution in [3.8, 4) is 0 Å². The maximum atomic E-state index is 12.5. The van der Waals surface area contributed by atoms with Crippen LogP contribution < -0.4 is 10.6 Å². The molecule has 0 saturated heterocycles. The Morgan fingerprint density at radius 3 is 1.97 bits per heavy atom. The number of hydrogen-bond acceptors (Lipinski definition) is 6. The second-order valence-corrected chi connectivity index (χ2v) is 8.50. The van der Waals surface area contributed by atoms with Gasteiger partial charge in [-0.1, -0.05) is 20.8 Å². The summed E-state index contributed by atoms with van der Waals surface area (Å²) in [6, 6.07) is -1.34. The van der Waals surface area contributed by atoms with Gasteiger partial charge in [-0.15, -0.1) is 0 Å². The molecule has 0 radical (unpaired) electrons. The minimum atomic E-state index is -1.73. The van der Waals surface area contributed by atoms with Gasteiger partial charge in [-0.3, -0.25) is 19.2 Å². The standard InChI is InChI=1S/C19H32N2O7S.C2H6/c1-5-12(22)8-6-7-11-20-14(23)10-9-13(15(24)25)21-16(26)18(2,3)19(4,29)17(27)28;1-2/h13,29H,5-11H2,1-4H3,(H,20,23)(H,21,26)(H,24,25)(H,27,28);1-2H3. The van der Waals surface area contributed by atoms with Crippen LogP contribution >= 0.6 is 12.6 Å². The summed E-state index contributed by atoms with van der Waals surface area (Å²) in [6.45, 7) is 10.1. The quantitative estimate of drug-likeness (QED) is 0.196. The highest BCUT2D eigenvalue weighted by molar-refractivity contribution is 7.82. The SMILES string of the molecule is CC.CCC(=O)CCCCNC(=O)CCC(NC(=O)C(C)(C)C(C)(S)C(=O)O)C(=O)O. The van der Waals surface area contributed by atoms with Crippen molar-refractivity contribution in [2.45, 2.75) is 90.9 Å². The maximum absolute atomic E-state index is 12.5. The third-order valence-electron chi connectivity index (χ3n) is 5.06. The molecule has 0 fully saturated rings. The number of aliphatic carboxylic acids is 2. The molecule has 0 aromatic heterocycles. The number of rotatable bonds is 14. The van der Waals surface area contributed by atoms with E-state index in [1.165, 1.54) is 20.8 Å². The number of unbranched alkanes of at least 4 members (excludes halogenated alkanes) is 1. The van der Waals surface area contributed by atoms with Crippen LogP contribution in [-0.2, 0) is 24.0 Å². The number of thiol groups is 1. The van der Waals surface area contributed by atoms with Gasteiger partial charge in [0.15, 0.2) is 0 Å². The summed E-state index contributed by atoms with van der Waals surface area (Å²) in [7, 11) is 0. The topological polar surface area (TPSA) is 150 Å². The van der Waals surface area contributed by atoms with E-state index in [1.807, 2.05) is 13.8 Å². The number of hydrogen-bond donors (Lipinski definition) is 5. The molecule has 0 heterocycles. The molecule has 0 aliphatic carbocycles. The van der Waals surface area contributed by atoms with E-state index < -0.39 is 34.0 Å². The second-order valence-electron chi connectivity index (χ2n) is 7.60. The molecule has 0 rings (SSSR count). The fraction of sp³-hybridized carbons (Fsp3) is 0.762. The van der Waals surface area contributed by atoms with Crippen molar-refractivity contribution in [2.75, 3.05) is 6.54 Å². The number of Topliss-reactive ketones (excluding diaryl/α,β-unsaturated/α-hetero) is 1. The van der Waals surface area contributed by atoms with E-state index in [0.29, 0.717) is 32.2 Å². The highest BCUT2D eigenvalue weighted by Gasteiger charge is 2.50. The first kappa shape index (κ1) is 31.1. The summed E-state index contributed by atoms with van der Waals surface area (Å²) in [5.41, 5.74) is -1.51. The monoisotopic (exact) mass is 462 g/mol. The van der Waals surface area contributed by atoms with Crippen LogP contribution in [0.1, 0.15) is 80.1 Å². The van der Waals surface area contributed by atoms with Gasteiger partial charge in [0.25, 0.3) is 0 Å². The van der Waals surface area contributed by atoms with E-state index in [0.717, 1.165) is 0 Å². The lowest BCUT2D eigenvalue weighted by atomic mass is 9.78. The Labute approximate surface area is 190 Å². The number of carbonyl (C=O) groups is 5. The normalized spacial score (nSPS) is 13.6. The third-order valence-corrected chi connectivity index (χ3v) is 5.81. The van der Waals surface area contributed by atoms with Crippen molar-refractivity contribution < 1.29 is 34.2 Å². The molecule has 0 aliphatic heterocycles. The maximum Gasteiger partial charge on any atom is 0.326 e. The molecule has 0 aliphatic rings. The molecule has 2 unspecified atom stereocenters. The number of nitrogens with one attached hydrogen (secondary N) is 2. The molecule has 4 N–H and O–H groups in total. The lowest BCUT2D eigenvalue weighted by molar-refractivity contribution is -0.149. The number of ketones is 1. The second kappa shape index (κ2) is 14.8. The van der Waals surface area contributed by atoms with Gasteiger partial charge in [-0.2, -0.15) is 12.6 Å². The summed E-state index contributed by atoms with van der Waals surface area (Å²) >= 11 is 4.04. The molecule has 0 aromatic carbocycles. The first-order valence-electron chi connectivity index (χ1n) is 10.5. The molecule has 9 nitrogen and oxygen atoms in total. The van der Waals surface area contributed by atoms with Crippen molar-refractivity contribution in [1.82, 2.24) is 10.6 Å². The molecule has 180 valence electrons.